The van der Waals surface area contributed by atoms with Gasteiger partial charge < -0.3 is 10.4 Å². The zero-order chi connectivity index (χ0) is 13.7. The summed E-state index contributed by atoms with van der Waals surface area (Å²) in [6.07, 6.45) is -0.0966. The number of benzene rings is 1. The molecule has 0 aliphatic carbocycles. The minimum Gasteiger partial charge on any atom is -0.480 e. The second kappa shape index (κ2) is 6.56. The fourth-order valence-corrected chi connectivity index (χ4v) is 1.57. The standard InChI is InChI=1S/C11H10Cl2FNO3/c12-7-2-1-6(3-8(7)13)4-10(16)15-9(5-14)11(17)18/h1-3,9H,4-5H2,(H,15,16)(H,17,18). The van der Waals surface area contributed by atoms with Crippen LogP contribution in [0.25, 0.3) is 0 Å². The summed E-state index contributed by atoms with van der Waals surface area (Å²) in [5.41, 5.74) is 0.560. The molecule has 4 nitrogen and oxygen atoms in total. The van der Waals surface area contributed by atoms with Gasteiger partial charge in [-0.1, -0.05) is 29.3 Å². The highest BCUT2D eigenvalue weighted by atomic mass is 35.5. The molecule has 2 N–H and O–H groups in total. The number of carbonyl (C=O) groups is 2. The minimum atomic E-state index is -1.53. The van der Waals surface area contributed by atoms with Gasteiger partial charge in [-0.15, -0.1) is 0 Å². The number of rotatable bonds is 5. The Morgan fingerprint density at radius 1 is 1.33 bits per heavy atom. The van der Waals surface area contributed by atoms with Crippen molar-refractivity contribution in [1.82, 2.24) is 5.32 Å². The number of nitrogens with one attached hydrogen (secondary N) is 1. The van der Waals surface area contributed by atoms with E-state index in [9.17, 15) is 14.0 Å². The molecule has 1 atom stereocenters. The maximum atomic E-state index is 12.3. The number of carboxylic acid groups (broad SMARTS) is 1. The highest BCUT2D eigenvalue weighted by molar-refractivity contribution is 6.42. The predicted molar refractivity (Wildman–Crippen MR) is 65.7 cm³/mol. The van der Waals surface area contributed by atoms with Crippen molar-refractivity contribution in [2.45, 2.75) is 12.5 Å². The lowest BCUT2D eigenvalue weighted by Gasteiger charge is -2.10. The van der Waals surface area contributed by atoms with E-state index in [0.717, 1.165) is 0 Å². The number of hydrogen-bond donors (Lipinski definition) is 2. The lowest BCUT2D eigenvalue weighted by atomic mass is 10.1. The number of carboxylic acids is 1. The van der Waals surface area contributed by atoms with Crippen LogP contribution in [0.15, 0.2) is 18.2 Å². The van der Waals surface area contributed by atoms with E-state index in [0.29, 0.717) is 15.6 Å². The Morgan fingerprint density at radius 3 is 2.50 bits per heavy atom. The van der Waals surface area contributed by atoms with Gasteiger partial charge in [0.1, 0.15) is 6.67 Å². The first-order chi connectivity index (χ1) is 8.43. The van der Waals surface area contributed by atoms with Crippen molar-refractivity contribution in [1.29, 1.82) is 0 Å². The van der Waals surface area contributed by atoms with E-state index in [1.54, 1.807) is 6.07 Å². The molecule has 0 saturated heterocycles. The fourth-order valence-electron chi connectivity index (χ4n) is 1.25. The molecule has 0 saturated carbocycles. The molecule has 0 heterocycles. The summed E-state index contributed by atoms with van der Waals surface area (Å²) in [7, 11) is 0. The molecule has 7 heteroatoms. The molecule has 0 aliphatic rings. The second-order valence-corrected chi connectivity index (χ2v) is 4.35. The van der Waals surface area contributed by atoms with Crippen LogP contribution in [0.4, 0.5) is 4.39 Å². The average Bonchev–Trinajstić information content (AvgIpc) is 2.30. The third-order valence-corrected chi connectivity index (χ3v) is 2.88. The van der Waals surface area contributed by atoms with E-state index in [2.05, 4.69) is 5.32 Å². The third kappa shape index (κ3) is 4.16. The molecule has 0 spiro atoms. The SMILES string of the molecule is O=C(Cc1ccc(Cl)c(Cl)c1)NC(CF)C(=O)O. The van der Waals surface area contributed by atoms with Crippen LogP contribution < -0.4 is 5.32 Å². The van der Waals surface area contributed by atoms with Gasteiger partial charge in [0.25, 0.3) is 0 Å². The van der Waals surface area contributed by atoms with E-state index in [1.165, 1.54) is 12.1 Å². The van der Waals surface area contributed by atoms with Crippen molar-refractivity contribution in [3.8, 4) is 0 Å². The summed E-state index contributed by atoms with van der Waals surface area (Å²) in [6.45, 7) is -1.16. The summed E-state index contributed by atoms with van der Waals surface area (Å²) in [6, 6.07) is 3.07. The van der Waals surface area contributed by atoms with Crippen LogP contribution in [-0.2, 0) is 16.0 Å². The Kier molecular flexibility index (Phi) is 5.37. The van der Waals surface area contributed by atoms with Crippen molar-refractivity contribution in [2.75, 3.05) is 6.67 Å². The topological polar surface area (TPSA) is 66.4 Å². The van der Waals surface area contributed by atoms with E-state index in [-0.39, 0.29) is 6.42 Å². The molecule has 0 fully saturated rings. The van der Waals surface area contributed by atoms with Gasteiger partial charge >= 0.3 is 5.97 Å². The number of hydrogen-bond acceptors (Lipinski definition) is 2. The summed E-state index contributed by atoms with van der Waals surface area (Å²) >= 11 is 11.5. The first-order valence-electron chi connectivity index (χ1n) is 4.96. The number of amides is 1. The van der Waals surface area contributed by atoms with Crippen LogP contribution in [0.3, 0.4) is 0 Å². The number of halogens is 3. The van der Waals surface area contributed by atoms with Crippen molar-refractivity contribution in [2.24, 2.45) is 0 Å². The third-order valence-electron chi connectivity index (χ3n) is 2.14. The predicted octanol–water partition coefficient (Wildman–Crippen LogP) is 2.07. The van der Waals surface area contributed by atoms with Gasteiger partial charge in [-0.05, 0) is 17.7 Å². The number of alkyl halides is 1. The molecule has 1 amide bonds. The fraction of sp³-hybridized carbons (Fsp3) is 0.273. The van der Waals surface area contributed by atoms with Gasteiger partial charge in [0.05, 0.1) is 16.5 Å². The van der Waals surface area contributed by atoms with Crippen LogP contribution in [0.5, 0.6) is 0 Å². The molecule has 0 radical (unpaired) electrons. The highest BCUT2D eigenvalue weighted by Crippen LogP contribution is 2.22. The molecule has 1 aromatic carbocycles. The zero-order valence-electron chi connectivity index (χ0n) is 9.12. The van der Waals surface area contributed by atoms with Crippen molar-refractivity contribution in [3.63, 3.8) is 0 Å². The Morgan fingerprint density at radius 2 is 2.00 bits per heavy atom. The van der Waals surface area contributed by atoms with Gasteiger partial charge in [0, 0.05) is 0 Å². The molecule has 98 valence electrons. The molecule has 0 bridgehead atoms. The lowest BCUT2D eigenvalue weighted by Crippen LogP contribution is -2.43. The Labute approximate surface area is 113 Å². The summed E-state index contributed by atoms with van der Waals surface area (Å²) in [4.78, 5) is 22.0. The second-order valence-electron chi connectivity index (χ2n) is 3.54. The van der Waals surface area contributed by atoms with E-state index in [1.807, 2.05) is 0 Å². The van der Waals surface area contributed by atoms with Gasteiger partial charge in [-0.3, -0.25) is 4.79 Å². The van der Waals surface area contributed by atoms with Crippen molar-refractivity contribution in [3.05, 3.63) is 33.8 Å². The Bertz CT molecular complexity index is 468. The number of carbonyl (C=O) groups excluding carboxylic acids is 1. The van der Waals surface area contributed by atoms with Crippen LogP contribution in [0.1, 0.15) is 5.56 Å². The normalized spacial score (nSPS) is 11.9. The van der Waals surface area contributed by atoms with Crippen molar-refractivity contribution >= 4 is 35.1 Å². The summed E-state index contributed by atoms with van der Waals surface area (Å²) in [5, 5.41) is 11.3. The molecule has 0 aliphatic heterocycles. The molecule has 1 aromatic rings. The van der Waals surface area contributed by atoms with Crippen LogP contribution in [0, 0.1) is 0 Å². The largest absolute Gasteiger partial charge is 0.480 e. The maximum absolute atomic E-state index is 12.3. The Hall–Kier alpha value is -1.33. The van der Waals surface area contributed by atoms with Gasteiger partial charge in [-0.25, -0.2) is 9.18 Å². The highest BCUT2D eigenvalue weighted by Gasteiger charge is 2.19. The molecular weight excluding hydrogens is 284 g/mol. The van der Waals surface area contributed by atoms with Gasteiger partial charge in [-0.2, -0.15) is 0 Å². The average molecular weight is 294 g/mol. The molecular formula is C11H10Cl2FNO3. The molecule has 18 heavy (non-hydrogen) atoms. The van der Waals surface area contributed by atoms with E-state index in [4.69, 9.17) is 28.3 Å². The molecule has 1 unspecified atom stereocenters. The molecule has 1 rings (SSSR count). The van der Waals surface area contributed by atoms with Crippen LogP contribution in [-0.4, -0.2) is 29.7 Å². The quantitative estimate of drug-likeness (QED) is 0.873. The minimum absolute atomic E-state index is 0.0966. The van der Waals surface area contributed by atoms with E-state index >= 15 is 0 Å². The van der Waals surface area contributed by atoms with Crippen molar-refractivity contribution < 1.29 is 19.1 Å². The monoisotopic (exact) mass is 293 g/mol. The first-order valence-corrected chi connectivity index (χ1v) is 5.71. The molecule has 0 aromatic heterocycles. The van der Waals surface area contributed by atoms with Crippen LogP contribution in [0.2, 0.25) is 10.0 Å². The number of aliphatic carboxylic acids is 1. The zero-order valence-corrected chi connectivity index (χ0v) is 10.6. The summed E-state index contributed by atoms with van der Waals surface area (Å²) in [5.74, 6) is -2.02. The Balaban J connectivity index is 2.64. The van der Waals surface area contributed by atoms with Gasteiger partial charge in [0.2, 0.25) is 5.91 Å². The first kappa shape index (κ1) is 14.7. The van der Waals surface area contributed by atoms with Gasteiger partial charge in [0.15, 0.2) is 6.04 Å². The van der Waals surface area contributed by atoms with Crippen LogP contribution >= 0.6 is 23.2 Å². The lowest BCUT2D eigenvalue weighted by molar-refractivity contribution is -0.142. The smallest absolute Gasteiger partial charge is 0.328 e. The maximum Gasteiger partial charge on any atom is 0.328 e. The summed E-state index contributed by atoms with van der Waals surface area (Å²) < 4.78 is 12.3. The van der Waals surface area contributed by atoms with E-state index < -0.39 is 24.6 Å².